The number of rotatable bonds is 4. The van der Waals surface area contributed by atoms with E-state index in [1.165, 1.54) is 0 Å². The van der Waals surface area contributed by atoms with Gasteiger partial charge in [0, 0.05) is 6.42 Å². The van der Waals surface area contributed by atoms with E-state index < -0.39 is 0 Å². The molecule has 0 saturated carbocycles. The Morgan fingerprint density at radius 3 is 2.81 bits per heavy atom. The molecular formula is C13H15NOS. The fourth-order valence-corrected chi connectivity index (χ4v) is 2.69. The molecule has 1 heterocycles. The molecular weight excluding hydrogens is 218 g/mol. The van der Waals surface area contributed by atoms with Gasteiger partial charge in [-0.25, -0.2) is 4.98 Å². The van der Waals surface area contributed by atoms with Crippen LogP contribution in [0.3, 0.4) is 0 Å². The molecule has 16 heavy (non-hydrogen) atoms. The average molecular weight is 233 g/mol. The van der Waals surface area contributed by atoms with Gasteiger partial charge < -0.3 is 0 Å². The Labute approximate surface area is 99.3 Å². The van der Waals surface area contributed by atoms with Gasteiger partial charge in [-0.1, -0.05) is 26.0 Å². The Morgan fingerprint density at radius 2 is 2.12 bits per heavy atom. The monoisotopic (exact) mass is 233 g/mol. The zero-order valence-electron chi connectivity index (χ0n) is 9.56. The molecule has 0 saturated heterocycles. The zero-order chi connectivity index (χ0) is 11.5. The number of ketones is 1. The molecule has 1 aromatic carbocycles. The number of aromatic nitrogens is 1. The van der Waals surface area contributed by atoms with E-state index in [4.69, 9.17) is 0 Å². The Morgan fingerprint density at radius 1 is 1.38 bits per heavy atom. The molecule has 2 rings (SSSR count). The highest BCUT2D eigenvalue weighted by atomic mass is 32.1. The van der Waals surface area contributed by atoms with Gasteiger partial charge in [-0.15, -0.1) is 11.3 Å². The van der Waals surface area contributed by atoms with Crippen LogP contribution in [0, 0.1) is 5.92 Å². The normalized spacial score (nSPS) is 11.2. The van der Waals surface area contributed by atoms with E-state index in [1.54, 1.807) is 11.3 Å². The smallest absolute Gasteiger partial charge is 0.139 e. The Balaban J connectivity index is 2.12. The number of fused-ring (bicyclic) bond motifs is 1. The fraction of sp³-hybridized carbons (Fsp3) is 0.385. The number of para-hydroxylation sites is 1. The second-order valence-corrected chi connectivity index (χ2v) is 5.50. The summed E-state index contributed by atoms with van der Waals surface area (Å²) in [6.07, 6.45) is 1.13. The lowest BCUT2D eigenvalue weighted by molar-refractivity contribution is -0.119. The van der Waals surface area contributed by atoms with E-state index in [-0.39, 0.29) is 5.78 Å². The number of thiazole rings is 1. The summed E-state index contributed by atoms with van der Waals surface area (Å²) in [6, 6.07) is 8.01. The van der Waals surface area contributed by atoms with Gasteiger partial charge in [-0.2, -0.15) is 0 Å². The summed E-state index contributed by atoms with van der Waals surface area (Å²) >= 11 is 1.62. The molecule has 3 heteroatoms. The van der Waals surface area contributed by atoms with Crippen LogP contribution in [0.25, 0.3) is 10.2 Å². The van der Waals surface area contributed by atoms with Gasteiger partial charge in [-0.05, 0) is 18.1 Å². The molecule has 1 aromatic heterocycles. The van der Waals surface area contributed by atoms with E-state index in [9.17, 15) is 4.79 Å². The number of carbonyl (C=O) groups excluding carboxylic acids is 1. The first kappa shape index (κ1) is 11.3. The molecule has 0 spiro atoms. The van der Waals surface area contributed by atoms with Crippen molar-refractivity contribution in [2.45, 2.75) is 26.7 Å². The molecule has 0 N–H and O–H groups in total. The van der Waals surface area contributed by atoms with Crippen LogP contribution in [0.1, 0.15) is 25.3 Å². The quantitative estimate of drug-likeness (QED) is 0.809. The highest BCUT2D eigenvalue weighted by Crippen LogP contribution is 2.22. The fourth-order valence-electron chi connectivity index (χ4n) is 1.69. The van der Waals surface area contributed by atoms with Gasteiger partial charge in [0.05, 0.1) is 16.6 Å². The molecule has 0 radical (unpaired) electrons. The summed E-state index contributed by atoms with van der Waals surface area (Å²) in [4.78, 5) is 16.1. The van der Waals surface area contributed by atoms with Crippen LogP contribution >= 0.6 is 11.3 Å². The molecule has 2 aromatic rings. The first-order valence-electron chi connectivity index (χ1n) is 5.51. The predicted molar refractivity (Wildman–Crippen MR) is 67.8 cm³/mol. The van der Waals surface area contributed by atoms with Crippen molar-refractivity contribution in [3.8, 4) is 0 Å². The van der Waals surface area contributed by atoms with Crippen molar-refractivity contribution in [1.29, 1.82) is 0 Å². The molecule has 0 fully saturated rings. The van der Waals surface area contributed by atoms with Crippen molar-refractivity contribution in [3.05, 3.63) is 29.3 Å². The molecule has 0 amide bonds. The van der Waals surface area contributed by atoms with Crippen LogP contribution in [0.15, 0.2) is 24.3 Å². The van der Waals surface area contributed by atoms with E-state index >= 15 is 0 Å². The summed E-state index contributed by atoms with van der Waals surface area (Å²) in [5, 5.41) is 0.937. The molecule has 0 aliphatic rings. The average Bonchev–Trinajstić information content (AvgIpc) is 2.57. The van der Waals surface area contributed by atoms with Crippen molar-refractivity contribution in [3.63, 3.8) is 0 Å². The molecule has 0 aliphatic carbocycles. The third kappa shape index (κ3) is 2.67. The maximum absolute atomic E-state index is 11.7. The summed E-state index contributed by atoms with van der Waals surface area (Å²) in [5.74, 6) is 0.718. The van der Waals surface area contributed by atoms with Crippen molar-refractivity contribution in [2.24, 2.45) is 5.92 Å². The summed E-state index contributed by atoms with van der Waals surface area (Å²) < 4.78 is 1.16. The maximum atomic E-state index is 11.7. The SMILES string of the molecule is CC(C)CC(=O)Cc1nc2ccccc2s1. The second-order valence-electron chi connectivity index (χ2n) is 4.39. The molecule has 84 valence electrons. The topological polar surface area (TPSA) is 30.0 Å². The van der Waals surface area contributed by atoms with Gasteiger partial charge in [0.2, 0.25) is 0 Å². The molecule has 0 bridgehead atoms. The molecule has 0 unspecified atom stereocenters. The van der Waals surface area contributed by atoms with Crippen LogP contribution < -0.4 is 0 Å². The van der Waals surface area contributed by atoms with E-state index in [1.807, 2.05) is 24.3 Å². The lowest BCUT2D eigenvalue weighted by atomic mass is 10.1. The lowest BCUT2D eigenvalue weighted by Gasteiger charge is -2.00. The predicted octanol–water partition coefficient (Wildman–Crippen LogP) is 3.45. The number of carbonyl (C=O) groups is 1. The third-order valence-electron chi connectivity index (χ3n) is 2.32. The van der Waals surface area contributed by atoms with Crippen LogP contribution in [0.5, 0.6) is 0 Å². The number of hydrogen-bond donors (Lipinski definition) is 0. The van der Waals surface area contributed by atoms with Gasteiger partial charge in [0.25, 0.3) is 0 Å². The Bertz CT molecular complexity index is 468. The van der Waals surface area contributed by atoms with Crippen LogP contribution in [-0.2, 0) is 11.2 Å². The van der Waals surface area contributed by atoms with Crippen molar-refractivity contribution < 1.29 is 4.79 Å². The Hall–Kier alpha value is -1.22. The van der Waals surface area contributed by atoms with E-state index in [0.29, 0.717) is 18.8 Å². The highest BCUT2D eigenvalue weighted by Gasteiger charge is 2.10. The standard InChI is InChI=1S/C13H15NOS/c1-9(2)7-10(15)8-13-14-11-5-3-4-6-12(11)16-13/h3-6,9H,7-8H2,1-2H3. The van der Waals surface area contributed by atoms with Gasteiger partial charge in [-0.3, -0.25) is 4.79 Å². The minimum atomic E-state index is 0.286. The molecule has 2 nitrogen and oxygen atoms in total. The molecule has 0 aliphatic heterocycles. The second kappa shape index (κ2) is 4.74. The van der Waals surface area contributed by atoms with Crippen LogP contribution in [-0.4, -0.2) is 10.8 Å². The third-order valence-corrected chi connectivity index (χ3v) is 3.36. The zero-order valence-corrected chi connectivity index (χ0v) is 10.4. The number of Topliss-reactive ketones (excluding diaryl/α,β-unsaturated/α-hetero) is 1. The lowest BCUT2D eigenvalue weighted by Crippen LogP contribution is -2.05. The van der Waals surface area contributed by atoms with Gasteiger partial charge in [0.15, 0.2) is 0 Å². The van der Waals surface area contributed by atoms with Gasteiger partial charge >= 0.3 is 0 Å². The summed E-state index contributed by atoms with van der Waals surface area (Å²) in [6.45, 7) is 4.13. The highest BCUT2D eigenvalue weighted by molar-refractivity contribution is 7.18. The minimum Gasteiger partial charge on any atom is -0.299 e. The summed E-state index contributed by atoms with van der Waals surface area (Å²) in [5.41, 5.74) is 1.000. The van der Waals surface area contributed by atoms with Crippen LogP contribution in [0.2, 0.25) is 0 Å². The van der Waals surface area contributed by atoms with E-state index in [2.05, 4.69) is 18.8 Å². The van der Waals surface area contributed by atoms with Crippen molar-refractivity contribution in [1.82, 2.24) is 4.98 Å². The maximum Gasteiger partial charge on any atom is 0.139 e. The minimum absolute atomic E-state index is 0.286. The first-order chi connectivity index (χ1) is 7.65. The van der Waals surface area contributed by atoms with Gasteiger partial charge in [0.1, 0.15) is 10.8 Å². The van der Waals surface area contributed by atoms with Crippen molar-refractivity contribution in [2.75, 3.05) is 0 Å². The van der Waals surface area contributed by atoms with E-state index in [0.717, 1.165) is 15.2 Å². The number of benzene rings is 1. The number of nitrogens with zero attached hydrogens (tertiary/aromatic N) is 1. The Kier molecular flexibility index (Phi) is 3.34. The molecule has 0 atom stereocenters. The summed E-state index contributed by atoms with van der Waals surface area (Å²) in [7, 11) is 0. The largest absolute Gasteiger partial charge is 0.299 e. The van der Waals surface area contributed by atoms with Crippen LogP contribution in [0.4, 0.5) is 0 Å². The number of hydrogen-bond acceptors (Lipinski definition) is 3. The van der Waals surface area contributed by atoms with Crippen molar-refractivity contribution >= 4 is 27.3 Å². The first-order valence-corrected chi connectivity index (χ1v) is 6.33.